The molecule has 1 atom stereocenters. The number of halogens is 2. The maximum atomic E-state index is 12.7. The van der Waals surface area contributed by atoms with Crippen molar-refractivity contribution in [3.05, 3.63) is 56.4 Å². The quantitative estimate of drug-likeness (QED) is 0.895. The fourth-order valence-corrected chi connectivity index (χ4v) is 3.00. The standard InChI is InChI=1S/C11H9BrFNS/c12-9-5-6-15-11(9)10(14)7-1-3-8(13)4-2-7/h1-6,10H,14H2. The second-order valence-corrected chi connectivity index (χ2v) is 4.96. The molecule has 0 bridgehead atoms. The summed E-state index contributed by atoms with van der Waals surface area (Å²) < 4.78 is 13.7. The third-order valence-corrected chi connectivity index (χ3v) is 4.11. The van der Waals surface area contributed by atoms with E-state index in [4.69, 9.17) is 5.73 Å². The molecule has 2 N–H and O–H groups in total. The van der Waals surface area contributed by atoms with E-state index >= 15 is 0 Å². The molecular weight excluding hydrogens is 277 g/mol. The first-order valence-corrected chi connectivity index (χ1v) is 6.09. The first-order chi connectivity index (χ1) is 7.18. The summed E-state index contributed by atoms with van der Waals surface area (Å²) in [6.45, 7) is 0. The molecule has 0 fully saturated rings. The zero-order chi connectivity index (χ0) is 10.8. The van der Waals surface area contributed by atoms with E-state index in [0.29, 0.717) is 0 Å². The summed E-state index contributed by atoms with van der Waals surface area (Å²) in [5.41, 5.74) is 6.99. The molecule has 1 heterocycles. The lowest BCUT2D eigenvalue weighted by Gasteiger charge is -2.10. The molecule has 1 aromatic carbocycles. The molecule has 0 amide bonds. The second-order valence-electron chi connectivity index (χ2n) is 3.16. The van der Waals surface area contributed by atoms with Gasteiger partial charge in [-0.3, -0.25) is 0 Å². The maximum Gasteiger partial charge on any atom is 0.123 e. The normalized spacial score (nSPS) is 12.7. The van der Waals surface area contributed by atoms with Gasteiger partial charge in [0.2, 0.25) is 0 Å². The SMILES string of the molecule is NC(c1ccc(F)cc1)c1sccc1Br. The molecule has 0 saturated carbocycles. The zero-order valence-corrected chi connectivity index (χ0v) is 10.2. The second kappa shape index (κ2) is 4.43. The molecule has 1 unspecified atom stereocenters. The van der Waals surface area contributed by atoms with E-state index in [-0.39, 0.29) is 11.9 Å². The minimum atomic E-state index is -0.240. The van der Waals surface area contributed by atoms with Crippen LogP contribution in [0.5, 0.6) is 0 Å². The van der Waals surface area contributed by atoms with E-state index in [9.17, 15) is 4.39 Å². The Morgan fingerprint density at radius 3 is 2.40 bits per heavy atom. The monoisotopic (exact) mass is 285 g/mol. The van der Waals surface area contributed by atoms with Crippen LogP contribution in [0, 0.1) is 5.82 Å². The van der Waals surface area contributed by atoms with Crippen molar-refractivity contribution >= 4 is 27.3 Å². The van der Waals surface area contributed by atoms with E-state index in [2.05, 4.69) is 15.9 Å². The Morgan fingerprint density at radius 1 is 1.20 bits per heavy atom. The number of benzene rings is 1. The number of hydrogen-bond acceptors (Lipinski definition) is 2. The lowest BCUT2D eigenvalue weighted by Crippen LogP contribution is -2.10. The van der Waals surface area contributed by atoms with Gasteiger partial charge in [-0.15, -0.1) is 11.3 Å². The minimum absolute atomic E-state index is 0.194. The van der Waals surface area contributed by atoms with Gasteiger partial charge in [-0.1, -0.05) is 12.1 Å². The number of hydrogen-bond donors (Lipinski definition) is 1. The van der Waals surface area contributed by atoms with Gasteiger partial charge >= 0.3 is 0 Å². The molecule has 2 rings (SSSR count). The van der Waals surface area contributed by atoms with Crippen LogP contribution in [0.3, 0.4) is 0 Å². The topological polar surface area (TPSA) is 26.0 Å². The molecule has 4 heteroatoms. The highest BCUT2D eigenvalue weighted by atomic mass is 79.9. The van der Waals surface area contributed by atoms with Crippen molar-refractivity contribution in [2.75, 3.05) is 0 Å². The predicted octanol–water partition coefficient (Wildman–Crippen LogP) is 3.70. The van der Waals surface area contributed by atoms with Crippen molar-refractivity contribution in [1.82, 2.24) is 0 Å². The van der Waals surface area contributed by atoms with Crippen LogP contribution < -0.4 is 5.73 Å². The van der Waals surface area contributed by atoms with Crippen molar-refractivity contribution in [1.29, 1.82) is 0 Å². The van der Waals surface area contributed by atoms with E-state index < -0.39 is 0 Å². The summed E-state index contributed by atoms with van der Waals surface area (Å²) in [5, 5.41) is 1.98. The number of rotatable bonds is 2. The van der Waals surface area contributed by atoms with Crippen LogP contribution in [0.2, 0.25) is 0 Å². The number of thiophene rings is 1. The average Bonchev–Trinajstić information content (AvgIpc) is 2.65. The van der Waals surface area contributed by atoms with Gasteiger partial charge in [0.1, 0.15) is 5.82 Å². The summed E-state index contributed by atoms with van der Waals surface area (Å²) in [6, 6.07) is 8.05. The Kier molecular flexibility index (Phi) is 3.19. The summed E-state index contributed by atoms with van der Waals surface area (Å²) in [4.78, 5) is 1.06. The molecule has 1 nitrogen and oxygen atoms in total. The van der Waals surface area contributed by atoms with E-state index in [1.807, 2.05) is 11.4 Å². The first-order valence-electron chi connectivity index (χ1n) is 4.42. The summed E-state index contributed by atoms with van der Waals surface area (Å²) >= 11 is 5.03. The maximum absolute atomic E-state index is 12.7. The molecule has 1 aromatic heterocycles. The van der Waals surface area contributed by atoms with E-state index in [0.717, 1.165) is 14.9 Å². The van der Waals surface area contributed by atoms with Crippen molar-refractivity contribution in [2.24, 2.45) is 5.73 Å². The van der Waals surface area contributed by atoms with Crippen LogP contribution in [-0.2, 0) is 0 Å². The Balaban J connectivity index is 2.32. The first kappa shape index (κ1) is 10.8. The fraction of sp³-hybridized carbons (Fsp3) is 0.0909. The number of nitrogens with two attached hydrogens (primary N) is 1. The largest absolute Gasteiger partial charge is 0.320 e. The third kappa shape index (κ3) is 2.27. The van der Waals surface area contributed by atoms with E-state index in [1.54, 1.807) is 23.5 Å². The smallest absolute Gasteiger partial charge is 0.123 e. The summed E-state index contributed by atoms with van der Waals surface area (Å²) in [6.07, 6.45) is 0. The zero-order valence-electron chi connectivity index (χ0n) is 7.78. The molecule has 0 radical (unpaired) electrons. The van der Waals surface area contributed by atoms with Gasteiger partial charge in [-0.2, -0.15) is 0 Å². The van der Waals surface area contributed by atoms with Crippen molar-refractivity contribution in [3.63, 3.8) is 0 Å². The van der Waals surface area contributed by atoms with Gasteiger partial charge in [-0.05, 0) is 45.1 Å². The molecular formula is C11H9BrFNS. The van der Waals surface area contributed by atoms with Crippen LogP contribution in [0.15, 0.2) is 40.2 Å². The van der Waals surface area contributed by atoms with Gasteiger partial charge in [0.05, 0.1) is 6.04 Å². The third-order valence-electron chi connectivity index (χ3n) is 2.16. The Hall–Kier alpha value is -0.710. The van der Waals surface area contributed by atoms with Crippen LogP contribution in [-0.4, -0.2) is 0 Å². The summed E-state index contributed by atoms with van der Waals surface area (Å²) in [7, 11) is 0. The van der Waals surface area contributed by atoms with Gasteiger partial charge < -0.3 is 5.73 Å². The Labute approximate surface area is 99.9 Å². The molecule has 2 aromatic rings. The van der Waals surface area contributed by atoms with Gasteiger partial charge in [0, 0.05) is 9.35 Å². The van der Waals surface area contributed by atoms with Crippen molar-refractivity contribution < 1.29 is 4.39 Å². The van der Waals surface area contributed by atoms with Gasteiger partial charge in [0.25, 0.3) is 0 Å². The highest BCUT2D eigenvalue weighted by molar-refractivity contribution is 9.10. The average molecular weight is 286 g/mol. The molecule has 0 aliphatic carbocycles. The summed E-state index contributed by atoms with van der Waals surface area (Å²) in [5.74, 6) is -0.240. The van der Waals surface area contributed by atoms with Crippen LogP contribution in [0.4, 0.5) is 4.39 Å². The van der Waals surface area contributed by atoms with Crippen LogP contribution in [0.1, 0.15) is 16.5 Å². The minimum Gasteiger partial charge on any atom is -0.320 e. The molecule has 78 valence electrons. The van der Waals surface area contributed by atoms with Crippen molar-refractivity contribution in [3.8, 4) is 0 Å². The lowest BCUT2D eigenvalue weighted by atomic mass is 10.1. The van der Waals surface area contributed by atoms with Gasteiger partial charge in [-0.25, -0.2) is 4.39 Å². The predicted molar refractivity (Wildman–Crippen MR) is 64.4 cm³/mol. The Morgan fingerprint density at radius 2 is 1.87 bits per heavy atom. The highest BCUT2D eigenvalue weighted by Crippen LogP contribution is 2.31. The molecule has 0 saturated heterocycles. The lowest BCUT2D eigenvalue weighted by molar-refractivity contribution is 0.626. The molecule has 0 aliphatic heterocycles. The van der Waals surface area contributed by atoms with Crippen LogP contribution in [0.25, 0.3) is 0 Å². The highest BCUT2D eigenvalue weighted by Gasteiger charge is 2.13. The molecule has 15 heavy (non-hydrogen) atoms. The molecule has 0 spiro atoms. The van der Waals surface area contributed by atoms with Crippen molar-refractivity contribution in [2.45, 2.75) is 6.04 Å². The van der Waals surface area contributed by atoms with Crippen LogP contribution >= 0.6 is 27.3 Å². The molecule has 0 aliphatic rings. The Bertz CT molecular complexity index is 452. The van der Waals surface area contributed by atoms with E-state index in [1.165, 1.54) is 12.1 Å². The van der Waals surface area contributed by atoms with Gasteiger partial charge in [0.15, 0.2) is 0 Å². The fourth-order valence-electron chi connectivity index (χ4n) is 1.35.